The first-order valence-electron chi connectivity index (χ1n) is 4.66. The molecule has 6 heteroatoms. The Bertz CT molecular complexity index is 434. The highest BCUT2D eigenvalue weighted by Crippen LogP contribution is 2.30. The summed E-state index contributed by atoms with van der Waals surface area (Å²) in [4.78, 5) is 14.2. The number of halogens is 1. The summed E-state index contributed by atoms with van der Waals surface area (Å²) in [5.74, 6) is 0.579. The van der Waals surface area contributed by atoms with Gasteiger partial charge < -0.3 is 5.32 Å². The number of pyridine rings is 1. The van der Waals surface area contributed by atoms with E-state index in [-0.39, 0.29) is 11.7 Å². The molecule has 1 aromatic heterocycles. The Morgan fingerprint density at radius 2 is 2.38 bits per heavy atom. The second kappa shape index (κ2) is 5.07. The number of nitrogens with zero attached hydrogens (tertiary/aromatic N) is 2. The van der Waals surface area contributed by atoms with Crippen LogP contribution in [0.25, 0.3) is 0 Å². The summed E-state index contributed by atoms with van der Waals surface area (Å²) in [6, 6.07) is 0.0460. The maximum absolute atomic E-state index is 10.7. The minimum absolute atomic E-state index is 0.00341. The molecule has 0 saturated carbocycles. The van der Waals surface area contributed by atoms with Crippen molar-refractivity contribution in [1.82, 2.24) is 4.98 Å². The molecule has 1 rings (SSSR count). The number of nitrogens with one attached hydrogen (secondary N) is 1. The Morgan fingerprint density at radius 3 is 2.88 bits per heavy atom. The Kier molecular flexibility index (Phi) is 4.00. The lowest BCUT2D eigenvalue weighted by Gasteiger charge is -2.12. The fourth-order valence-corrected chi connectivity index (χ4v) is 1.55. The Labute approximate surface area is 102 Å². The molecule has 16 heavy (non-hydrogen) atoms. The average molecular weight is 286 g/mol. The van der Waals surface area contributed by atoms with Crippen LogP contribution >= 0.6 is 15.9 Å². The predicted molar refractivity (Wildman–Crippen MR) is 66.6 cm³/mol. The number of hydrogen-bond donors (Lipinski definition) is 1. The number of anilines is 1. The molecule has 0 aliphatic rings. The van der Waals surface area contributed by atoms with Gasteiger partial charge in [-0.05, 0) is 29.8 Å². The zero-order chi connectivity index (χ0) is 12.3. The maximum atomic E-state index is 10.7. The standard InChI is InChI=1S/C10H12BrN3O2/c1-4-6(2)13-10-9(11)7(3)8(5-12-10)14(15)16/h4-6H,1H2,2-3H3,(H,12,13). The molecule has 0 amide bonds. The average Bonchev–Trinajstić information content (AvgIpc) is 2.24. The predicted octanol–water partition coefficient (Wildman–Crippen LogP) is 3.05. The van der Waals surface area contributed by atoms with Crippen molar-refractivity contribution >= 4 is 27.4 Å². The van der Waals surface area contributed by atoms with Gasteiger partial charge in [0.05, 0.1) is 9.40 Å². The highest BCUT2D eigenvalue weighted by Gasteiger charge is 2.17. The van der Waals surface area contributed by atoms with Crippen LogP contribution in [-0.4, -0.2) is 15.9 Å². The lowest BCUT2D eigenvalue weighted by molar-refractivity contribution is -0.385. The summed E-state index contributed by atoms with van der Waals surface area (Å²) in [5, 5.41) is 13.7. The summed E-state index contributed by atoms with van der Waals surface area (Å²) in [6.07, 6.45) is 2.98. The molecule has 0 aromatic carbocycles. The monoisotopic (exact) mass is 285 g/mol. The van der Waals surface area contributed by atoms with Crippen molar-refractivity contribution in [3.63, 3.8) is 0 Å². The van der Waals surface area contributed by atoms with E-state index in [1.54, 1.807) is 13.0 Å². The third-order valence-electron chi connectivity index (χ3n) is 2.15. The first kappa shape index (κ1) is 12.6. The summed E-state index contributed by atoms with van der Waals surface area (Å²) in [5.41, 5.74) is 0.558. The van der Waals surface area contributed by atoms with E-state index >= 15 is 0 Å². The molecule has 0 bridgehead atoms. The van der Waals surface area contributed by atoms with Crippen LogP contribution in [0.5, 0.6) is 0 Å². The summed E-state index contributed by atoms with van der Waals surface area (Å²) < 4.78 is 0.607. The van der Waals surface area contributed by atoms with Crippen LogP contribution in [0.1, 0.15) is 12.5 Å². The van der Waals surface area contributed by atoms with Crippen LogP contribution < -0.4 is 5.32 Å². The molecule has 0 aliphatic heterocycles. The van der Waals surface area contributed by atoms with Crippen molar-refractivity contribution < 1.29 is 4.92 Å². The smallest absolute Gasteiger partial charge is 0.291 e. The van der Waals surface area contributed by atoms with Gasteiger partial charge in [-0.15, -0.1) is 6.58 Å². The second-order valence-corrected chi connectivity index (χ2v) is 4.15. The lowest BCUT2D eigenvalue weighted by atomic mass is 10.2. The quantitative estimate of drug-likeness (QED) is 0.524. The van der Waals surface area contributed by atoms with Gasteiger partial charge in [-0.25, -0.2) is 4.98 Å². The fraction of sp³-hybridized carbons (Fsp3) is 0.300. The van der Waals surface area contributed by atoms with Crippen LogP contribution in [0, 0.1) is 17.0 Å². The van der Waals surface area contributed by atoms with E-state index in [4.69, 9.17) is 0 Å². The molecule has 1 unspecified atom stereocenters. The van der Waals surface area contributed by atoms with Gasteiger partial charge in [0, 0.05) is 11.6 Å². The molecule has 0 radical (unpaired) electrons. The van der Waals surface area contributed by atoms with E-state index in [0.717, 1.165) is 0 Å². The summed E-state index contributed by atoms with van der Waals surface area (Å²) in [6.45, 7) is 7.23. The fourth-order valence-electron chi connectivity index (χ4n) is 1.13. The van der Waals surface area contributed by atoms with Gasteiger partial charge in [0.1, 0.15) is 12.0 Å². The summed E-state index contributed by atoms with van der Waals surface area (Å²) >= 11 is 3.29. The molecular formula is C10H12BrN3O2. The Morgan fingerprint density at radius 1 is 1.75 bits per heavy atom. The van der Waals surface area contributed by atoms with Crippen molar-refractivity contribution in [1.29, 1.82) is 0 Å². The molecule has 0 spiro atoms. The van der Waals surface area contributed by atoms with Crippen molar-refractivity contribution in [2.45, 2.75) is 19.9 Å². The molecule has 1 N–H and O–H groups in total. The van der Waals surface area contributed by atoms with E-state index in [1.807, 2.05) is 6.92 Å². The van der Waals surface area contributed by atoms with E-state index in [0.29, 0.717) is 15.9 Å². The Balaban J connectivity index is 3.11. The SMILES string of the molecule is C=CC(C)Nc1ncc([N+](=O)[O-])c(C)c1Br. The first-order chi connectivity index (χ1) is 7.47. The molecule has 0 aliphatic carbocycles. The molecule has 0 saturated heterocycles. The van der Waals surface area contributed by atoms with Gasteiger partial charge in [-0.1, -0.05) is 6.08 Å². The van der Waals surface area contributed by atoms with Crippen LogP contribution in [0.15, 0.2) is 23.3 Å². The molecule has 5 nitrogen and oxygen atoms in total. The highest BCUT2D eigenvalue weighted by atomic mass is 79.9. The molecule has 86 valence electrons. The van der Waals surface area contributed by atoms with Gasteiger partial charge in [0.25, 0.3) is 5.69 Å². The van der Waals surface area contributed by atoms with Crippen LogP contribution in [0.4, 0.5) is 11.5 Å². The van der Waals surface area contributed by atoms with E-state index in [2.05, 4.69) is 32.8 Å². The minimum Gasteiger partial charge on any atom is -0.363 e. The highest BCUT2D eigenvalue weighted by molar-refractivity contribution is 9.10. The Hall–Kier alpha value is -1.43. The number of nitro groups is 1. The van der Waals surface area contributed by atoms with Crippen LogP contribution in [0.3, 0.4) is 0 Å². The molecule has 0 fully saturated rings. The van der Waals surface area contributed by atoms with Gasteiger partial charge in [0.2, 0.25) is 0 Å². The second-order valence-electron chi connectivity index (χ2n) is 3.36. The lowest BCUT2D eigenvalue weighted by Crippen LogP contribution is -2.13. The normalized spacial score (nSPS) is 11.9. The number of hydrogen-bond acceptors (Lipinski definition) is 4. The zero-order valence-corrected chi connectivity index (χ0v) is 10.6. The van der Waals surface area contributed by atoms with Gasteiger partial charge >= 0.3 is 0 Å². The van der Waals surface area contributed by atoms with Gasteiger partial charge in [-0.3, -0.25) is 10.1 Å². The summed E-state index contributed by atoms with van der Waals surface area (Å²) in [7, 11) is 0. The zero-order valence-electron chi connectivity index (χ0n) is 9.03. The number of aromatic nitrogens is 1. The van der Waals surface area contributed by atoms with Crippen LogP contribution in [-0.2, 0) is 0 Å². The van der Waals surface area contributed by atoms with Crippen molar-refractivity contribution in [2.75, 3.05) is 5.32 Å². The third-order valence-corrected chi connectivity index (χ3v) is 3.12. The molecule has 1 atom stereocenters. The van der Waals surface area contributed by atoms with E-state index in [9.17, 15) is 10.1 Å². The van der Waals surface area contributed by atoms with Gasteiger partial charge in [0.15, 0.2) is 0 Å². The first-order valence-corrected chi connectivity index (χ1v) is 5.45. The van der Waals surface area contributed by atoms with Crippen molar-refractivity contribution in [3.05, 3.63) is 39.0 Å². The topological polar surface area (TPSA) is 68.1 Å². The van der Waals surface area contributed by atoms with Crippen molar-refractivity contribution in [3.8, 4) is 0 Å². The minimum atomic E-state index is -0.451. The third kappa shape index (κ3) is 2.57. The maximum Gasteiger partial charge on any atom is 0.291 e. The number of rotatable bonds is 4. The molecular weight excluding hydrogens is 274 g/mol. The van der Waals surface area contributed by atoms with E-state index < -0.39 is 4.92 Å². The molecule has 1 aromatic rings. The largest absolute Gasteiger partial charge is 0.363 e. The molecule has 1 heterocycles. The van der Waals surface area contributed by atoms with Gasteiger partial charge in [-0.2, -0.15) is 0 Å². The van der Waals surface area contributed by atoms with Crippen molar-refractivity contribution in [2.24, 2.45) is 0 Å². The van der Waals surface area contributed by atoms with E-state index in [1.165, 1.54) is 6.20 Å². The van der Waals surface area contributed by atoms with Crippen LogP contribution in [0.2, 0.25) is 0 Å².